The normalized spacial score (nSPS) is 11.3. The van der Waals surface area contributed by atoms with E-state index in [1.54, 1.807) is 11.9 Å². The van der Waals surface area contributed by atoms with E-state index in [4.69, 9.17) is 0 Å². The van der Waals surface area contributed by atoms with E-state index < -0.39 is 0 Å². The number of rotatable bonds is 6. The van der Waals surface area contributed by atoms with Crippen molar-refractivity contribution in [1.29, 1.82) is 0 Å². The van der Waals surface area contributed by atoms with Gasteiger partial charge in [-0.05, 0) is 19.8 Å². The van der Waals surface area contributed by atoms with Crippen LogP contribution in [0.15, 0.2) is 0 Å². The SMILES string of the molecule is CCN(C)C(=O)NCC(CC)(CC)CO. The summed E-state index contributed by atoms with van der Waals surface area (Å²) in [5.41, 5.74) is -0.162. The Morgan fingerprint density at radius 3 is 2.20 bits per heavy atom. The van der Waals surface area contributed by atoms with Crippen molar-refractivity contribution in [2.45, 2.75) is 33.6 Å². The molecular weight excluding hydrogens is 192 g/mol. The molecule has 0 unspecified atom stereocenters. The molecule has 0 spiro atoms. The van der Waals surface area contributed by atoms with Crippen LogP contribution in [0.2, 0.25) is 0 Å². The van der Waals surface area contributed by atoms with E-state index in [9.17, 15) is 9.90 Å². The number of carbonyl (C=O) groups is 1. The monoisotopic (exact) mass is 216 g/mol. The van der Waals surface area contributed by atoms with Crippen LogP contribution >= 0.6 is 0 Å². The van der Waals surface area contributed by atoms with Crippen molar-refractivity contribution in [2.75, 3.05) is 26.7 Å². The highest BCUT2D eigenvalue weighted by Crippen LogP contribution is 2.24. The zero-order chi connectivity index (χ0) is 11.9. The van der Waals surface area contributed by atoms with Crippen LogP contribution in [0.4, 0.5) is 4.79 Å². The molecule has 0 aromatic carbocycles. The predicted molar refractivity (Wildman–Crippen MR) is 61.8 cm³/mol. The maximum absolute atomic E-state index is 11.5. The number of carbonyl (C=O) groups excluding carboxylic acids is 1. The Labute approximate surface area is 92.7 Å². The molecular formula is C11H24N2O2. The first-order chi connectivity index (χ1) is 7.05. The van der Waals surface area contributed by atoms with Crippen LogP contribution in [0.3, 0.4) is 0 Å². The number of amides is 2. The van der Waals surface area contributed by atoms with E-state index in [0.29, 0.717) is 13.1 Å². The fraction of sp³-hybridized carbons (Fsp3) is 0.909. The summed E-state index contributed by atoms with van der Waals surface area (Å²) >= 11 is 0. The lowest BCUT2D eigenvalue weighted by Crippen LogP contribution is -2.44. The number of aliphatic hydroxyl groups is 1. The van der Waals surface area contributed by atoms with E-state index in [2.05, 4.69) is 5.32 Å². The Morgan fingerprint density at radius 2 is 1.87 bits per heavy atom. The molecule has 15 heavy (non-hydrogen) atoms. The Hall–Kier alpha value is -0.770. The number of nitrogens with one attached hydrogen (secondary N) is 1. The lowest BCUT2D eigenvalue weighted by molar-refractivity contribution is 0.112. The minimum Gasteiger partial charge on any atom is -0.396 e. The maximum atomic E-state index is 11.5. The second kappa shape index (κ2) is 6.67. The summed E-state index contributed by atoms with van der Waals surface area (Å²) in [6.45, 7) is 7.36. The van der Waals surface area contributed by atoms with Gasteiger partial charge in [0.05, 0.1) is 6.61 Å². The second-order valence-corrected chi connectivity index (χ2v) is 4.04. The molecule has 0 aliphatic carbocycles. The third kappa shape index (κ3) is 4.08. The summed E-state index contributed by atoms with van der Waals surface area (Å²) in [4.78, 5) is 13.1. The summed E-state index contributed by atoms with van der Waals surface area (Å²) in [6.07, 6.45) is 1.74. The van der Waals surface area contributed by atoms with Gasteiger partial charge in [-0.15, -0.1) is 0 Å². The first-order valence-corrected chi connectivity index (χ1v) is 5.65. The van der Waals surface area contributed by atoms with Crippen LogP contribution in [0, 0.1) is 5.41 Å². The quantitative estimate of drug-likeness (QED) is 0.706. The second-order valence-electron chi connectivity index (χ2n) is 4.04. The lowest BCUT2D eigenvalue weighted by Gasteiger charge is -2.30. The molecule has 0 saturated carbocycles. The van der Waals surface area contributed by atoms with Crippen LogP contribution in [0.1, 0.15) is 33.6 Å². The van der Waals surface area contributed by atoms with Gasteiger partial charge < -0.3 is 15.3 Å². The van der Waals surface area contributed by atoms with Crippen LogP contribution in [0.5, 0.6) is 0 Å². The van der Waals surface area contributed by atoms with Gasteiger partial charge in [0.25, 0.3) is 0 Å². The average Bonchev–Trinajstić information content (AvgIpc) is 2.30. The van der Waals surface area contributed by atoms with Gasteiger partial charge in [-0.2, -0.15) is 0 Å². The molecule has 0 fully saturated rings. The predicted octanol–water partition coefficient (Wildman–Crippen LogP) is 1.45. The highest BCUT2D eigenvalue weighted by molar-refractivity contribution is 5.73. The molecule has 2 N–H and O–H groups in total. The summed E-state index contributed by atoms with van der Waals surface area (Å²) < 4.78 is 0. The van der Waals surface area contributed by atoms with Gasteiger partial charge in [0, 0.05) is 25.6 Å². The van der Waals surface area contributed by atoms with Gasteiger partial charge in [0.2, 0.25) is 0 Å². The van der Waals surface area contributed by atoms with Gasteiger partial charge in [-0.3, -0.25) is 0 Å². The van der Waals surface area contributed by atoms with Gasteiger partial charge in [0.1, 0.15) is 0 Å². The number of aliphatic hydroxyl groups excluding tert-OH is 1. The van der Waals surface area contributed by atoms with Crippen molar-refractivity contribution >= 4 is 6.03 Å². The van der Waals surface area contributed by atoms with Gasteiger partial charge in [-0.1, -0.05) is 13.8 Å². The van der Waals surface area contributed by atoms with Crippen molar-refractivity contribution in [1.82, 2.24) is 10.2 Å². The zero-order valence-electron chi connectivity index (χ0n) is 10.3. The number of urea groups is 1. The van der Waals surface area contributed by atoms with Gasteiger partial charge in [0.15, 0.2) is 0 Å². The molecule has 0 aromatic rings. The molecule has 0 rings (SSSR count). The fourth-order valence-corrected chi connectivity index (χ4v) is 1.32. The van der Waals surface area contributed by atoms with Crippen molar-refractivity contribution in [3.63, 3.8) is 0 Å². The first-order valence-electron chi connectivity index (χ1n) is 5.65. The minimum atomic E-state index is -0.162. The van der Waals surface area contributed by atoms with Crippen LogP contribution in [0.25, 0.3) is 0 Å². The maximum Gasteiger partial charge on any atom is 0.317 e. The van der Waals surface area contributed by atoms with E-state index in [1.165, 1.54) is 0 Å². The molecule has 0 heterocycles. The summed E-state index contributed by atoms with van der Waals surface area (Å²) in [7, 11) is 1.76. The van der Waals surface area contributed by atoms with Gasteiger partial charge >= 0.3 is 6.03 Å². The number of hydrogen-bond acceptors (Lipinski definition) is 2. The third-order valence-corrected chi connectivity index (χ3v) is 3.27. The third-order valence-electron chi connectivity index (χ3n) is 3.27. The van der Waals surface area contributed by atoms with Crippen LogP contribution in [-0.2, 0) is 0 Å². The first kappa shape index (κ1) is 14.2. The van der Waals surface area contributed by atoms with Crippen molar-refractivity contribution in [3.05, 3.63) is 0 Å². The van der Waals surface area contributed by atoms with Crippen molar-refractivity contribution < 1.29 is 9.90 Å². The minimum absolute atomic E-state index is 0.0720. The Morgan fingerprint density at radius 1 is 1.33 bits per heavy atom. The molecule has 2 amide bonds. The van der Waals surface area contributed by atoms with Crippen LogP contribution < -0.4 is 5.32 Å². The van der Waals surface area contributed by atoms with E-state index in [-0.39, 0.29) is 18.1 Å². The Kier molecular flexibility index (Phi) is 6.32. The van der Waals surface area contributed by atoms with Crippen molar-refractivity contribution in [3.8, 4) is 0 Å². The topological polar surface area (TPSA) is 52.6 Å². The van der Waals surface area contributed by atoms with E-state index in [1.807, 2.05) is 20.8 Å². The molecule has 0 atom stereocenters. The lowest BCUT2D eigenvalue weighted by atomic mass is 9.83. The largest absolute Gasteiger partial charge is 0.396 e. The number of nitrogens with zero attached hydrogens (tertiary/aromatic N) is 1. The van der Waals surface area contributed by atoms with E-state index >= 15 is 0 Å². The average molecular weight is 216 g/mol. The van der Waals surface area contributed by atoms with E-state index in [0.717, 1.165) is 12.8 Å². The molecule has 4 nitrogen and oxygen atoms in total. The molecule has 0 aromatic heterocycles. The van der Waals surface area contributed by atoms with Crippen LogP contribution in [-0.4, -0.2) is 42.8 Å². The zero-order valence-corrected chi connectivity index (χ0v) is 10.3. The molecule has 0 aliphatic rings. The molecule has 0 bridgehead atoms. The molecule has 0 radical (unpaired) electrons. The van der Waals surface area contributed by atoms with Crippen molar-refractivity contribution in [2.24, 2.45) is 5.41 Å². The standard InChI is InChI=1S/C11H24N2O2/c1-5-11(6-2,9-14)8-12-10(15)13(4)7-3/h14H,5-9H2,1-4H3,(H,12,15). The highest BCUT2D eigenvalue weighted by atomic mass is 16.3. The summed E-state index contributed by atoms with van der Waals surface area (Å²) in [6, 6.07) is -0.0720. The fourth-order valence-electron chi connectivity index (χ4n) is 1.32. The molecule has 90 valence electrons. The summed E-state index contributed by atoms with van der Waals surface area (Å²) in [5.74, 6) is 0. The number of hydrogen-bond donors (Lipinski definition) is 2. The molecule has 4 heteroatoms. The Bertz CT molecular complexity index is 183. The smallest absolute Gasteiger partial charge is 0.317 e. The Balaban J connectivity index is 4.16. The summed E-state index contributed by atoms with van der Waals surface area (Å²) in [5, 5.41) is 12.2. The highest BCUT2D eigenvalue weighted by Gasteiger charge is 2.26. The molecule has 0 aliphatic heterocycles. The van der Waals surface area contributed by atoms with Gasteiger partial charge in [-0.25, -0.2) is 4.79 Å². The molecule has 0 saturated heterocycles.